The maximum absolute atomic E-state index is 11.0. The van der Waals surface area contributed by atoms with Crippen LogP contribution in [0.2, 0.25) is 0 Å². The number of rotatable bonds is 4. The molecule has 0 aliphatic carbocycles. The van der Waals surface area contributed by atoms with Crippen molar-refractivity contribution in [1.82, 2.24) is 4.98 Å². The molecule has 1 aromatic rings. The second-order valence-corrected chi connectivity index (χ2v) is 2.86. The number of aromatic carboxylic acids is 1. The van der Waals surface area contributed by atoms with Gasteiger partial charge in [-0.3, -0.25) is 4.98 Å². The Labute approximate surface area is 92.4 Å². The molecule has 1 aromatic heterocycles. The van der Waals surface area contributed by atoms with E-state index in [2.05, 4.69) is 9.72 Å². The number of aromatic nitrogens is 1. The third kappa shape index (κ3) is 3.53. The third-order valence-corrected chi connectivity index (χ3v) is 1.70. The molecule has 0 spiro atoms. The van der Waals surface area contributed by atoms with Crippen LogP contribution in [0.4, 0.5) is 0 Å². The number of nitrogens with zero attached hydrogens (tertiary/aromatic N) is 1. The molecular weight excluding hydrogens is 210 g/mol. The van der Waals surface area contributed by atoms with Gasteiger partial charge in [-0.25, -0.2) is 9.59 Å². The molecule has 0 atom stereocenters. The number of carbonyl (C=O) groups is 2. The van der Waals surface area contributed by atoms with Crippen molar-refractivity contribution in [3.8, 4) is 0 Å². The topological polar surface area (TPSA) is 76.5 Å². The van der Waals surface area contributed by atoms with E-state index in [1.165, 1.54) is 30.5 Å². The molecule has 0 aliphatic rings. The molecule has 1 rings (SSSR count). The summed E-state index contributed by atoms with van der Waals surface area (Å²) in [5, 5.41) is 8.73. The van der Waals surface area contributed by atoms with E-state index < -0.39 is 11.9 Å². The quantitative estimate of drug-likeness (QED) is 0.613. The Kier molecular flexibility index (Phi) is 4.20. The van der Waals surface area contributed by atoms with Crippen LogP contribution in [-0.4, -0.2) is 28.6 Å². The second-order valence-electron chi connectivity index (χ2n) is 2.86. The lowest BCUT2D eigenvalue weighted by atomic mass is 10.2. The number of carbonyl (C=O) groups excluding carboxylic acids is 1. The van der Waals surface area contributed by atoms with E-state index in [4.69, 9.17) is 5.11 Å². The maximum atomic E-state index is 11.0. The van der Waals surface area contributed by atoms with Crippen LogP contribution in [0.3, 0.4) is 0 Å². The Hall–Kier alpha value is -2.17. The van der Waals surface area contributed by atoms with Crippen molar-refractivity contribution in [3.63, 3.8) is 0 Å². The zero-order valence-corrected chi connectivity index (χ0v) is 8.71. The molecule has 16 heavy (non-hydrogen) atoms. The third-order valence-electron chi connectivity index (χ3n) is 1.70. The van der Waals surface area contributed by atoms with Gasteiger partial charge in [-0.05, 0) is 25.1 Å². The van der Waals surface area contributed by atoms with Gasteiger partial charge in [0.2, 0.25) is 0 Å². The Morgan fingerprint density at radius 1 is 1.56 bits per heavy atom. The highest BCUT2D eigenvalue weighted by Gasteiger charge is 2.02. The van der Waals surface area contributed by atoms with Crippen LogP contribution in [-0.2, 0) is 9.53 Å². The van der Waals surface area contributed by atoms with E-state index in [1.807, 2.05) is 0 Å². The van der Waals surface area contributed by atoms with E-state index >= 15 is 0 Å². The Morgan fingerprint density at radius 3 is 2.94 bits per heavy atom. The molecule has 0 radical (unpaired) electrons. The fraction of sp³-hybridized carbons (Fsp3) is 0.182. The molecule has 0 aliphatic heterocycles. The van der Waals surface area contributed by atoms with Gasteiger partial charge in [0, 0.05) is 12.3 Å². The molecule has 5 nitrogen and oxygen atoms in total. The Morgan fingerprint density at radius 2 is 2.31 bits per heavy atom. The number of carboxylic acids is 1. The molecule has 0 saturated carbocycles. The SMILES string of the molecule is CCOC(=O)C=Cc1cc(C(=O)O)ccn1. The van der Waals surface area contributed by atoms with E-state index in [9.17, 15) is 9.59 Å². The maximum Gasteiger partial charge on any atom is 0.335 e. The summed E-state index contributed by atoms with van der Waals surface area (Å²) in [6, 6.07) is 2.75. The molecule has 1 heterocycles. The van der Waals surface area contributed by atoms with Gasteiger partial charge in [0.25, 0.3) is 0 Å². The average Bonchev–Trinajstić information content (AvgIpc) is 2.27. The van der Waals surface area contributed by atoms with Crippen molar-refractivity contribution in [2.45, 2.75) is 6.92 Å². The van der Waals surface area contributed by atoms with Gasteiger partial charge in [0.05, 0.1) is 17.9 Å². The molecule has 0 fully saturated rings. The van der Waals surface area contributed by atoms with Crippen molar-refractivity contribution >= 4 is 18.0 Å². The summed E-state index contributed by atoms with van der Waals surface area (Å²) in [6.45, 7) is 2.00. The van der Waals surface area contributed by atoms with Crippen molar-refractivity contribution in [2.24, 2.45) is 0 Å². The summed E-state index contributed by atoms with van der Waals surface area (Å²) in [6.07, 6.45) is 3.98. The summed E-state index contributed by atoms with van der Waals surface area (Å²) >= 11 is 0. The predicted molar refractivity (Wildman–Crippen MR) is 56.9 cm³/mol. The van der Waals surface area contributed by atoms with Crippen LogP contribution in [0.1, 0.15) is 23.0 Å². The number of hydrogen-bond donors (Lipinski definition) is 1. The van der Waals surface area contributed by atoms with Crippen molar-refractivity contribution in [3.05, 3.63) is 35.7 Å². The first kappa shape index (κ1) is 11.9. The van der Waals surface area contributed by atoms with E-state index in [0.717, 1.165) is 0 Å². The summed E-state index contributed by atoms with van der Waals surface area (Å²) in [5.74, 6) is -1.52. The molecule has 84 valence electrons. The largest absolute Gasteiger partial charge is 0.478 e. The number of carboxylic acid groups (broad SMARTS) is 1. The summed E-state index contributed by atoms with van der Waals surface area (Å²) in [7, 11) is 0. The standard InChI is InChI=1S/C11H11NO4/c1-2-16-10(13)4-3-9-7-8(11(14)15)5-6-12-9/h3-7H,2H2,1H3,(H,14,15). The van der Waals surface area contributed by atoms with Gasteiger partial charge in [0.1, 0.15) is 0 Å². The van der Waals surface area contributed by atoms with Gasteiger partial charge < -0.3 is 9.84 Å². The average molecular weight is 221 g/mol. The number of esters is 1. The smallest absolute Gasteiger partial charge is 0.335 e. The number of pyridine rings is 1. The van der Waals surface area contributed by atoms with Crippen LogP contribution in [0.15, 0.2) is 24.4 Å². The van der Waals surface area contributed by atoms with E-state index in [1.54, 1.807) is 6.92 Å². The van der Waals surface area contributed by atoms with Crippen molar-refractivity contribution in [1.29, 1.82) is 0 Å². The minimum absolute atomic E-state index is 0.124. The molecule has 0 unspecified atom stereocenters. The lowest BCUT2D eigenvalue weighted by Gasteiger charge is -1.96. The fourth-order valence-electron chi connectivity index (χ4n) is 1.02. The fourth-order valence-corrected chi connectivity index (χ4v) is 1.02. The molecular formula is C11H11NO4. The molecule has 0 aromatic carbocycles. The molecule has 1 N–H and O–H groups in total. The Bertz CT molecular complexity index is 426. The van der Waals surface area contributed by atoms with Crippen LogP contribution < -0.4 is 0 Å². The van der Waals surface area contributed by atoms with E-state index in [-0.39, 0.29) is 5.56 Å². The summed E-state index contributed by atoms with van der Waals surface area (Å²) in [5.41, 5.74) is 0.520. The van der Waals surface area contributed by atoms with Crippen molar-refractivity contribution in [2.75, 3.05) is 6.61 Å². The van der Waals surface area contributed by atoms with Gasteiger partial charge in [0.15, 0.2) is 0 Å². The van der Waals surface area contributed by atoms with Gasteiger partial charge >= 0.3 is 11.9 Å². The number of hydrogen-bond acceptors (Lipinski definition) is 4. The second kappa shape index (κ2) is 5.65. The normalized spacial score (nSPS) is 10.3. The minimum atomic E-state index is -1.03. The molecule has 5 heteroatoms. The zero-order valence-electron chi connectivity index (χ0n) is 8.71. The highest BCUT2D eigenvalue weighted by Crippen LogP contribution is 2.03. The minimum Gasteiger partial charge on any atom is -0.478 e. The first-order chi connectivity index (χ1) is 7.63. The predicted octanol–water partition coefficient (Wildman–Crippen LogP) is 1.36. The van der Waals surface area contributed by atoms with Crippen molar-refractivity contribution < 1.29 is 19.4 Å². The summed E-state index contributed by atoms with van der Waals surface area (Å²) < 4.78 is 4.67. The van der Waals surface area contributed by atoms with Gasteiger partial charge in [-0.1, -0.05) is 0 Å². The van der Waals surface area contributed by atoms with E-state index in [0.29, 0.717) is 12.3 Å². The lowest BCUT2D eigenvalue weighted by Crippen LogP contribution is -1.99. The highest BCUT2D eigenvalue weighted by atomic mass is 16.5. The van der Waals surface area contributed by atoms with Gasteiger partial charge in [-0.2, -0.15) is 0 Å². The molecule has 0 amide bonds. The monoisotopic (exact) mass is 221 g/mol. The van der Waals surface area contributed by atoms with Gasteiger partial charge in [-0.15, -0.1) is 0 Å². The first-order valence-electron chi connectivity index (χ1n) is 4.67. The highest BCUT2D eigenvalue weighted by molar-refractivity contribution is 5.89. The molecule has 0 bridgehead atoms. The first-order valence-corrected chi connectivity index (χ1v) is 4.67. The lowest BCUT2D eigenvalue weighted by molar-refractivity contribution is -0.137. The Balaban J connectivity index is 2.77. The van der Waals surface area contributed by atoms with Crippen LogP contribution >= 0.6 is 0 Å². The van der Waals surface area contributed by atoms with Crippen LogP contribution in [0.25, 0.3) is 6.08 Å². The number of ether oxygens (including phenoxy) is 1. The zero-order chi connectivity index (χ0) is 12.0. The van der Waals surface area contributed by atoms with Crippen LogP contribution in [0.5, 0.6) is 0 Å². The molecule has 0 saturated heterocycles. The van der Waals surface area contributed by atoms with Crippen LogP contribution in [0, 0.1) is 0 Å². The summed E-state index contributed by atoms with van der Waals surface area (Å²) in [4.78, 5) is 25.5.